The second-order valence-corrected chi connectivity index (χ2v) is 5.07. The maximum atomic E-state index is 9.21. The van der Waals surface area contributed by atoms with E-state index >= 15 is 0 Å². The van der Waals surface area contributed by atoms with Crippen molar-refractivity contribution in [2.45, 2.75) is 34.2 Å². The molecule has 0 aliphatic carbocycles. The van der Waals surface area contributed by atoms with Crippen LogP contribution in [0.5, 0.6) is 0 Å². The van der Waals surface area contributed by atoms with Crippen molar-refractivity contribution in [1.82, 2.24) is 9.78 Å². The number of aryl methyl sites for hydroxylation is 3. The second-order valence-electron chi connectivity index (χ2n) is 4.67. The van der Waals surface area contributed by atoms with Gasteiger partial charge in [0.15, 0.2) is 0 Å². The number of halogens is 1. The Bertz CT molecular complexity index is 678. The SMILES string of the molecule is CCn1nc(-c2cc(C)c(C)cc2Cl)c(C)c1C#N. The van der Waals surface area contributed by atoms with Gasteiger partial charge in [-0.3, -0.25) is 4.68 Å². The van der Waals surface area contributed by atoms with Crippen molar-refractivity contribution in [3.8, 4) is 17.3 Å². The molecule has 0 unspecified atom stereocenters. The third-order valence-electron chi connectivity index (χ3n) is 3.43. The van der Waals surface area contributed by atoms with Gasteiger partial charge in [0, 0.05) is 17.7 Å². The van der Waals surface area contributed by atoms with Gasteiger partial charge in [-0.1, -0.05) is 11.6 Å². The van der Waals surface area contributed by atoms with Crippen LogP contribution in [0.2, 0.25) is 5.02 Å². The van der Waals surface area contributed by atoms with E-state index in [1.165, 1.54) is 5.56 Å². The van der Waals surface area contributed by atoms with Gasteiger partial charge >= 0.3 is 0 Å². The Kier molecular flexibility index (Phi) is 3.64. The van der Waals surface area contributed by atoms with Gasteiger partial charge in [-0.05, 0) is 51.0 Å². The van der Waals surface area contributed by atoms with E-state index in [4.69, 9.17) is 11.6 Å². The number of rotatable bonds is 2. The fourth-order valence-electron chi connectivity index (χ4n) is 2.14. The highest BCUT2D eigenvalue weighted by molar-refractivity contribution is 6.33. The van der Waals surface area contributed by atoms with Crippen molar-refractivity contribution >= 4 is 11.6 Å². The van der Waals surface area contributed by atoms with Crippen LogP contribution >= 0.6 is 11.6 Å². The standard InChI is InChI=1S/C15H16ClN3/c1-5-19-14(8-17)11(4)15(18-19)12-6-9(2)10(3)7-13(12)16/h6-7H,5H2,1-4H3. The van der Waals surface area contributed by atoms with E-state index in [0.717, 1.165) is 22.4 Å². The summed E-state index contributed by atoms with van der Waals surface area (Å²) >= 11 is 6.32. The first-order valence-corrected chi connectivity index (χ1v) is 6.62. The first-order chi connectivity index (χ1) is 8.99. The van der Waals surface area contributed by atoms with Crippen LogP contribution in [-0.2, 0) is 6.54 Å². The fourth-order valence-corrected chi connectivity index (χ4v) is 2.45. The highest BCUT2D eigenvalue weighted by Gasteiger charge is 2.17. The predicted octanol–water partition coefficient (Wildman–Crippen LogP) is 4.02. The Morgan fingerprint density at radius 1 is 1.26 bits per heavy atom. The molecule has 1 aromatic heterocycles. The van der Waals surface area contributed by atoms with Crippen molar-refractivity contribution in [2.24, 2.45) is 0 Å². The minimum atomic E-state index is 0.604. The first-order valence-electron chi connectivity index (χ1n) is 6.24. The lowest BCUT2D eigenvalue weighted by Crippen LogP contribution is -1.99. The van der Waals surface area contributed by atoms with Gasteiger partial charge in [-0.2, -0.15) is 10.4 Å². The molecule has 3 nitrogen and oxygen atoms in total. The lowest BCUT2D eigenvalue weighted by Gasteiger charge is -2.07. The maximum absolute atomic E-state index is 9.21. The average molecular weight is 274 g/mol. The maximum Gasteiger partial charge on any atom is 0.142 e. The summed E-state index contributed by atoms with van der Waals surface area (Å²) in [5, 5.41) is 14.4. The highest BCUT2D eigenvalue weighted by atomic mass is 35.5. The molecule has 1 aromatic carbocycles. The molecule has 0 saturated carbocycles. The molecule has 0 N–H and O–H groups in total. The Hall–Kier alpha value is -1.79. The Labute approximate surface area is 118 Å². The van der Waals surface area contributed by atoms with E-state index in [1.54, 1.807) is 4.68 Å². The molecule has 0 aliphatic rings. The number of nitriles is 1. The summed E-state index contributed by atoms with van der Waals surface area (Å²) in [6.07, 6.45) is 0. The zero-order valence-electron chi connectivity index (χ0n) is 11.6. The molecule has 0 saturated heterocycles. The summed E-state index contributed by atoms with van der Waals surface area (Å²) in [4.78, 5) is 0. The van der Waals surface area contributed by atoms with Crippen LogP contribution in [0.3, 0.4) is 0 Å². The molecule has 98 valence electrons. The minimum Gasteiger partial charge on any atom is -0.254 e. The Morgan fingerprint density at radius 2 is 1.89 bits per heavy atom. The Morgan fingerprint density at radius 3 is 2.42 bits per heavy atom. The average Bonchev–Trinajstić information content (AvgIpc) is 2.70. The van der Waals surface area contributed by atoms with Gasteiger partial charge in [0.25, 0.3) is 0 Å². The molecule has 0 spiro atoms. The van der Waals surface area contributed by atoms with Crippen molar-refractivity contribution in [2.75, 3.05) is 0 Å². The molecule has 0 bridgehead atoms. The molecule has 0 fully saturated rings. The van der Waals surface area contributed by atoms with Crippen LogP contribution in [0, 0.1) is 32.1 Å². The summed E-state index contributed by atoms with van der Waals surface area (Å²) < 4.78 is 1.72. The third-order valence-corrected chi connectivity index (χ3v) is 3.75. The normalized spacial score (nSPS) is 10.5. The number of hydrogen-bond acceptors (Lipinski definition) is 2. The van der Waals surface area contributed by atoms with Gasteiger partial charge in [0.1, 0.15) is 11.8 Å². The van der Waals surface area contributed by atoms with Gasteiger partial charge in [0.2, 0.25) is 0 Å². The van der Waals surface area contributed by atoms with Gasteiger partial charge in [0.05, 0.1) is 10.7 Å². The summed E-state index contributed by atoms with van der Waals surface area (Å²) in [5.74, 6) is 0. The lowest BCUT2D eigenvalue weighted by molar-refractivity contribution is 0.653. The largest absolute Gasteiger partial charge is 0.254 e. The topological polar surface area (TPSA) is 41.6 Å². The van der Waals surface area contributed by atoms with Crippen LogP contribution in [0.25, 0.3) is 11.3 Å². The van der Waals surface area contributed by atoms with Crippen molar-refractivity contribution in [1.29, 1.82) is 5.26 Å². The smallest absolute Gasteiger partial charge is 0.142 e. The van der Waals surface area contributed by atoms with E-state index in [0.29, 0.717) is 17.3 Å². The number of hydrogen-bond donors (Lipinski definition) is 0. The van der Waals surface area contributed by atoms with Crippen LogP contribution in [0.1, 0.15) is 29.3 Å². The monoisotopic (exact) mass is 273 g/mol. The van der Waals surface area contributed by atoms with E-state index in [1.807, 2.05) is 39.8 Å². The van der Waals surface area contributed by atoms with Gasteiger partial charge in [-0.15, -0.1) is 0 Å². The van der Waals surface area contributed by atoms with Crippen molar-refractivity contribution < 1.29 is 0 Å². The molecule has 2 rings (SSSR count). The van der Waals surface area contributed by atoms with E-state index in [2.05, 4.69) is 11.2 Å². The summed E-state index contributed by atoms with van der Waals surface area (Å²) in [5.41, 5.74) is 5.50. The molecular formula is C15H16ClN3. The summed E-state index contributed by atoms with van der Waals surface area (Å²) in [6.45, 7) is 8.64. The molecule has 2 aromatic rings. The molecule has 0 atom stereocenters. The summed E-state index contributed by atoms with van der Waals surface area (Å²) in [6, 6.07) is 6.19. The molecule has 1 heterocycles. The minimum absolute atomic E-state index is 0.604. The quantitative estimate of drug-likeness (QED) is 0.829. The summed E-state index contributed by atoms with van der Waals surface area (Å²) in [7, 11) is 0. The zero-order chi connectivity index (χ0) is 14.2. The van der Waals surface area contributed by atoms with Crippen LogP contribution in [0.15, 0.2) is 12.1 Å². The highest BCUT2D eigenvalue weighted by Crippen LogP contribution is 2.32. The molecule has 0 aliphatic heterocycles. The molecule has 19 heavy (non-hydrogen) atoms. The second kappa shape index (κ2) is 5.07. The van der Waals surface area contributed by atoms with Crippen molar-refractivity contribution in [3.05, 3.63) is 39.5 Å². The Balaban J connectivity index is 2.70. The van der Waals surface area contributed by atoms with Gasteiger partial charge in [-0.25, -0.2) is 0 Å². The third kappa shape index (κ3) is 2.24. The predicted molar refractivity (Wildman–Crippen MR) is 77.3 cm³/mol. The fraction of sp³-hybridized carbons (Fsp3) is 0.333. The molecule has 0 amide bonds. The van der Waals surface area contributed by atoms with E-state index in [-0.39, 0.29) is 0 Å². The lowest BCUT2D eigenvalue weighted by atomic mass is 10.0. The first kappa shape index (κ1) is 13.6. The molecular weight excluding hydrogens is 258 g/mol. The number of aromatic nitrogens is 2. The van der Waals surface area contributed by atoms with E-state index < -0.39 is 0 Å². The van der Waals surface area contributed by atoms with Crippen LogP contribution < -0.4 is 0 Å². The van der Waals surface area contributed by atoms with Gasteiger partial charge < -0.3 is 0 Å². The molecule has 4 heteroatoms. The molecule has 0 radical (unpaired) electrons. The van der Waals surface area contributed by atoms with E-state index in [9.17, 15) is 5.26 Å². The number of nitrogens with zero attached hydrogens (tertiary/aromatic N) is 3. The number of benzene rings is 1. The zero-order valence-corrected chi connectivity index (χ0v) is 12.3. The van der Waals surface area contributed by atoms with Crippen LogP contribution in [0.4, 0.5) is 0 Å². The van der Waals surface area contributed by atoms with Crippen molar-refractivity contribution in [3.63, 3.8) is 0 Å². The van der Waals surface area contributed by atoms with Crippen LogP contribution in [-0.4, -0.2) is 9.78 Å².